The smallest absolute Gasteiger partial charge is 0.254 e. The maximum Gasteiger partial charge on any atom is 0.254 e. The van der Waals surface area contributed by atoms with E-state index in [4.69, 9.17) is 11.6 Å². The fourth-order valence-corrected chi connectivity index (χ4v) is 2.92. The molecule has 3 heteroatoms. The maximum absolute atomic E-state index is 12.6. The van der Waals surface area contributed by atoms with Crippen molar-refractivity contribution in [2.45, 2.75) is 51.1 Å². The minimum atomic E-state index is 0.140. The lowest BCUT2D eigenvalue weighted by atomic mass is 9.96. The molecule has 1 amide bonds. The van der Waals surface area contributed by atoms with E-state index in [1.54, 1.807) is 0 Å². The van der Waals surface area contributed by atoms with E-state index in [1.807, 2.05) is 29.2 Å². The minimum absolute atomic E-state index is 0.140. The highest BCUT2D eigenvalue weighted by atomic mass is 35.5. The van der Waals surface area contributed by atoms with Gasteiger partial charge in [-0.3, -0.25) is 4.79 Å². The van der Waals surface area contributed by atoms with Gasteiger partial charge in [0.05, 0.1) is 0 Å². The Morgan fingerprint density at radius 1 is 1.33 bits per heavy atom. The lowest BCUT2D eigenvalue weighted by Gasteiger charge is -2.39. The van der Waals surface area contributed by atoms with E-state index in [0.29, 0.717) is 18.0 Å². The molecule has 0 spiro atoms. The number of halogens is 1. The number of hydrogen-bond donors (Lipinski definition) is 0. The van der Waals surface area contributed by atoms with Gasteiger partial charge in [-0.2, -0.15) is 0 Å². The third kappa shape index (κ3) is 2.69. The normalized spacial score (nSPS) is 24.1. The molecule has 1 aromatic rings. The molecule has 1 aliphatic rings. The molecule has 0 saturated carbocycles. The number of carbonyl (C=O) groups is 1. The highest BCUT2D eigenvalue weighted by molar-refractivity contribution is 6.17. The molecule has 2 atom stereocenters. The summed E-state index contributed by atoms with van der Waals surface area (Å²) in [4.78, 5) is 14.6. The van der Waals surface area contributed by atoms with E-state index >= 15 is 0 Å². The zero-order valence-electron chi connectivity index (χ0n) is 11.0. The number of nitrogens with zero attached hydrogens (tertiary/aromatic N) is 1. The Hall–Kier alpha value is -1.02. The number of alkyl halides is 1. The monoisotopic (exact) mass is 265 g/mol. The number of likely N-dealkylation sites (tertiary alicyclic amines) is 1. The first-order valence-electron chi connectivity index (χ1n) is 6.61. The van der Waals surface area contributed by atoms with Gasteiger partial charge in [-0.1, -0.05) is 12.1 Å². The van der Waals surface area contributed by atoms with Crippen molar-refractivity contribution in [2.24, 2.45) is 0 Å². The van der Waals surface area contributed by atoms with Gasteiger partial charge in [0.1, 0.15) is 0 Å². The first-order valence-corrected chi connectivity index (χ1v) is 7.14. The van der Waals surface area contributed by atoms with Gasteiger partial charge in [-0.05, 0) is 50.8 Å². The highest BCUT2D eigenvalue weighted by Gasteiger charge is 2.29. The van der Waals surface area contributed by atoms with Gasteiger partial charge in [-0.25, -0.2) is 0 Å². The SMILES string of the molecule is C[C@@H]1CCC[C@H](C)N1C(=O)c1cccc(CCl)c1. The first kappa shape index (κ1) is 13.4. The maximum atomic E-state index is 12.6. The van der Waals surface area contributed by atoms with Crippen molar-refractivity contribution in [2.75, 3.05) is 0 Å². The molecule has 0 N–H and O–H groups in total. The quantitative estimate of drug-likeness (QED) is 0.745. The van der Waals surface area contributed by atoms with Crippen LogP contribution in [0.5, 0.6) is 0 Å². The van der Waals surface area contributed by atoms with Crippen LogP contribution in [0.25, 0.3) is 0 Å². The molecule has 2 nitrogen and oxygen atoms in total. The molecule has 0 aliphatic carbocycles. The van der Waals surface area contributed by atoms with Crippen LogP contribution in [0.4, 0.5) is 0 Å². The Bertz CT molecular complexity index is 422. The molecule has 1 fully saturated rings. The number of carbonyl (C=O) groups excluding carboxylic acids is 1. The van der Waals surface area contributed by atoms with Crippen molar-refractivity contribution >= 4 is 17.5 Å². The summed E-state index contributed by atoms with van der Waals surface area (Å²) < 4.78 is 0. The molecular weight excluding hydrogens is 246 g/mol. The highest BCUT2D eigenvalue weighted by Crippen LogP contribution is 2.24. The van der Waals surface area contributed by atoms with Crippen molar-refractivity contribution in [1.82, 2.24) is 4.90 Å². The standard InChI is InChI=1S/C15H20ClNO/c1-11-5-3-6-12(2)17(11)15(18)14-8-4-7-13(9-14)10-16/h4,7-9,11-12H,3,5-6,10H2,1-2H3/t11-,12+. The molecule has 0 unspecified atom stereocenters. The molecule has 0 aromatic heterocycles. The van der Waals surface area contributed by atoms with Gasteiger partial charge in [0.25, 0.3) is 5.91 Å². The van der Waals surface area contributed by atoms with Gasteiger partial charge in [0, 0.05) is 23.5 Å². The van der Waals surface area contributed by atoms with Crippen LogP contribution in [0, 0.1) is 0 Å². The van der Waals surface area contributed by atoms with Crippen molar-refractivity contribution < 1.29 is 4.79 Å². The molecule has 1 saturated heterocycles. The third-order valence-corrected chi connectivity index (χ3v) is 4.06. The Morgan fingerprint density at radius 2 is 2.00 bits per heavy atom. The van der Waals surface area contributed by atoms with Gasteiger partial charge < -0.3 is 4.90 Å². The average molecular weight is 266 g/mol. The van der Waals surface area contributed by atoms with Gasteiger partial charge in [0.15, 0.2) is 0 Å². The lowest BCUT2D eigenvalue weighted by Crippen LogP contribution is -2.47. The summed E-state index contributed by atoms with van der Waals surface area (Å²) in [6.07, 6.45) is 3.42. The number of amides is 1. The second-order valence-corrected chi connectivity index (χ2v) is 5.44. The molecule has 1 aliphatic heterocycles. The molecule has 1 heterocycles. The fourth-order valence-electron chi connectivity index (χ4n) is 2.76. The first-order chi connectivity index (χ1) is 8.63. The Kier molecular flexibility index (Phi) is 4.28. The van der Waals surface area contributed by atoms with Gasteiger partial charge in [0.2, 0.25) is 0 Å². The zero-order valence-corrected chi connectivity index (χ0v) is 11.8. The third-order valence-electron chi connectivity index (χ3n) is 3.76. The summed E-state index contributed by atoms with van der Waals surface area (Å²) in [5.41, 5.74) is 1.76. The topological polar surface area (TPSA) is 20.3 Å². The molecule has 18 heavy (non-hydrogen) atoms. The van der Waals surface area contributed by atoms with Crippen LogP contribution in [0.3, 0.4) is 0 Å². The number of benzene rings is 1. The number of rotatable bonds is 2. The summed E-state index contributed by atoms with van der Waals surface area (Å²) in [5, 5.41) is 0. The molecular formula is C15H20ClNO. The Morgan fingerprint density at radius 3 is 2.61 bits per heavy atom. The van der Waals surface area contributed by atoms with Crippen LogP contribution in [0.1, 0.15) is 49.0 Å². The van der Waals surface area contributed by atoms with E-state index in [9.17, 15) is 4.79 Å². The van der Waals surface area contributed by atoms with E-state index in [1.165, 1.54) is 6.42 Å². The van der Waals surface area contributed by atoms with E-state index in [2.05, 4.69) is 13.8 Å². The summed E-state index contributed by atoms with van der Waals surface area (Å²) >= 11 is 5.82. The van der Waals surface area contributed by atoms with Crippen LogP contribution >= 0.6 is 11.6 Å². The van der Waals surface area contributed by atoms with Crippen molar-refractivity contribution in [3.63, 3.8) is 0 Å². The van der Waals surface area contributed by atoms with E-state index in [-0.39, 0.29) is 5.91 Å². The fraction of sp³-hybridized carbons (Fsp3) is 0.533. The zero-order chi connectivity index (χ0) is 13.1. The summed E-state index contributed by atoms with van der Waals surface area (Å²) in [5.74, 6) is 0.591. The second-order valence-electron chi connectivity index (χ2n) is 5.18. The molecule has 1 aromatic carbocycles. The predicted molar refractivity (Wildman–Crippen MR) is 74.9 cm³/mol. The van der Waals surface area contributed by atoms with Crippen molar-refractivity contribution in [3.05, 3.63) is 35.4 Å². The van der Waals surface area contributed by atoms with Crippen molar-refractivity contribution in [3.8, 4) is 0 Å². The van der Waals surface area contributed by atoms with Crippen LogP contribution in [-0.2, 0) is 5.88 Å². The molecule has 0 radical (unpaired) electrons. The molecule has 0 bridgehead atoms. The number of hydrogen-bond acceptors (Lipinski definition) is 1. The van der Waals surface area contributed by atoms with Gasteiger partial charge in [-0.15, -0.1) is 11.6 Å². The van der Waals surface area contributed by atoms with Crippen LogP contribution in [0.2, 0.25) is 0 Å². The average Bonchev–Trinajstić information content (AvgIpc) is 2.38. The Balaban J connectivity index is 2.23. The minimum Gasteiger partial charge on any atom is -0.333 e. The molecule has 98 valence electrons. The Labute approximate surface area is 114 Å². The predicted octanol–water partition coefficient (Wildman–Crippen LogP) is 3.83. The van der Waals surface area contributed by atoms with Crippen LogP contribution in [0.15, 0.2) is 24.3 Å². The van der Waals surface area contributed by atoms with Crippen molar-refractivity contribution in [1.29, 1.82) is 0 Å². The van der Waals surface area contributed by atoms with Crippen LogP contribution in [-0.4, -0.2) is 22.9 Å². The lowest BCUT2D eigenvalue weighted by molar-refractivity contribution is 0.0510. The second kappa shape index (κ2) is 5.75. The summed E-state index contributed by atoms with van der Waals surface area (Å²) in [6, 6.07) is 8.31. The van der Waals surface area contributed by atoms with Crippen LogP contribution < -0.4 is 0 Å². The molecule has 2 rings (SSSR count). The van der Waals surface area contributed by atoms with E-state index in [0.717, 1.165) is 24.0 Å². The van der Waals surface area contributed by atoms with Gasteiger partial charge >= 0.3 is 0 Å². The summed E-state index contributed by atoms with van der Waals surface area (Å²) in [7, 11) is 0. The largest absolute Gasteiger partial charge is 0.333 e. The number of piperidine rings is 1. The van der Waals surface area contributed by atoms with E-state index < -0.39 is 0 Å². The summed E-state index contributed by atoms with van der Waals surface area (Å²) in [6.45, 7) is 4.28.